The molecule has 0 aliphatic rings. The summed E-state index contributed by atoms with van der Waals surface area (Å²) in [5.41, 5.74) is 2.87. The third-order valence-corrected chi connectivity index (χ3v) is 4.67. The van der Waals surface area contributed by atoms with Crippen molar-refractivity contribution in [1.29, 1.82) is 0 Å². The zero-order chi connectivity index (χ0) is 17.3. The maximum Gasteiger partial charge on any atom is 0.272 e. The highest BCUT2D eigenvalue weighted by molar-refractivity contribution is 7.22. The first-order valence-corrected chi connectivity index (χ1v) is 8.25. The van der Waals surface area contributed by atoms with Crippen LogP contribution in [0.25, 0.3) is 10.2 Å². The van der Waals surface area contributed by atoms with Crippen molar-refractivity contribution in [2.45, 2.75) is 20.3 Å². The molecule has 122 valence electrons. The van der Waals surface area contributed by atoms with E-state index in [0.717, 1.165) is 16.6 Å². The van der Waals surface area contributed by atoms with Gasteiger partial charge in [0.25, 0.3) is 11.6 Å². The lowest BCUT2D eigenvalue weighted by Crippen LogP contribution is -2.12. The number of aryl methyl sites for hydroxylation is 2. The predicted molar refractivity (Wildman–Crippen MR) is 94.8 cm³/mol. The van der Waals surface area contributed by atoms with E-state index in [0.29, 0.717) is 16.3 Å². The van der Waals surface area contributed by atoms with Crippen molar-refractivity contribution in [1.82, 2.24) is 4.98 Å². The number of thiazole rings is 1. The van der Waals surface area contributed by atoms with Crippen LogP contribution in [0.2, 0.25) is 0 Å². The van der Waals surface area contributed by atoms with E-state index >= 15 is 0 Å². The quantitative estimate of drug-likeness (QED) is 0.565. The SMILES string of the molecule is CCc1ccc2nc(NC(=O)c3ccc([N+](=O)[O-])c(C)c3)sc2c1. The van der Waals surface area contributed by atoms with E-state index in [4.69, 9.17) is 0 Å². The van der Waals surface area contributed by atoms with Crippen LogP contribution in [0.15, 0.2) is 36.4 Å². The number of amides is 1. The summed E-state index contributed by atoms with van der Waals surface area (Å²) < 4.78 is 1.02. The highest BCUT2D eigenvalue weighted by Crippen LogP contribution is 2.27. The summed E-state index contributed by atoms with van der Waals surface area (Å²) in [5.74, 6) is -0.331. The average molecular weight is 341 g/mol. The van der Waals surface area contributed by atoms with E-state index < -0.39 is 4.92 Å². The fraction of sp³-hybridized carbons (Fsp3) is 0.176. The Balaban J connectivity index is 1.84. The third kappa shape index (κ3) is 3.11. The maximum absolute atomic E-state index is 12.3. The van der Waals surface area contributed by atoms with Crippen molar-refractivity contribution >= 4 is 38.3 Å². The predicted octanol–water partition coefficient (Wildman–Crippen LogP) is 4.33. The molecule has 0 atom stereocenters. The second kappa shape index (κ2) is 6.37. The van der Waals surface area contributed by atoms with Crippen LogP contribution in [0.5, 0.6) is 0 Å². The molecule has 7 heteroatoms. The molecule has 1 heterocycles. The molecular weight excluding hydrogens is 326 g/mol. The van der Waals surface area contributed by atoms with Crippen LogP contribution in [-0.2, 0) is 6.42 Å². The Morgan fingerprint density at radius 3 is 2.75 bits per heavy atom. The molecule has 0 spiro atoms. The summed E-state index contributed by atoms with van der Waals surface area (Å²) in [7, 11) is 0. The third-order valence-electron chi connectivity index (χ3n) is 3.74. The van der Waals surface area contributed by atoms with Gasteiger partial charge >= 0.3 is 0 Å². The van der Waals surface area contributed by atoms with Crippen LogP contribution in [0.4, 0.5) is 10.8 Å². The lowest BCUT2D eigenvalue weighted by molar-refractivity contribution is -0.385. The van der Waals surface area contributed by atoms with E-state index in [1.165, 1.54) is 35.1 Å². The molecule has 6 nitrogen and oxygen atoms in total. The van der Waals surface area contributed by atoms with Gasteiger partial charge in [-0.05, 0) is 43.2 Å². The summed E-state index contributed by atoms with van der Waals surface area (Å²) >= 11 is 1.41. The molecule has 0 aliphatic carbocycles. The van der Waals surface area contributed by atoms with Gasteiger partial charge in [0, 0.05) is 17.2 Å². The van der Waals surface area contributed by atoms with Gasteiger partial charge in [0.15, 0.2) is 5.13 Å². The fourth-order valence-corrected chi connectivity index (χ4v) is 3.34. The summed E-state index contributed by atoms with van der Waals surface area (Å²) in [6.45, 7) is 3.70. The Morgan fingerprint density at radius 2 is 2.08 bits per heavy atom. The van der Waals surface area contributed by atoms with Crippen LogP contribution in [0, 0.1) is 17.0 Å². The molecule has 0 saturated carbocycles. The number of carbonyl (C=O) groups is 1. The van der Waals surface area contributed by atoms with Crippen LogP contribution < -0.4 is 5.32 Å². The number of nitrogens with one attached hydrogen (secondary N) is 1. The van der Waals surface area contributed by atoms with E-state index in [1.807, 2.05) is 12.1 Å². The van der Waals surface area contributed by atoms with Gasteiger partial charge in [-0.25, -0.2) is 4.98 Å². The van der Waals surface area contributed by atoms with Crippen molar-refractivity contribution in [2.24, 2.45) is 0 Å². The second-order valence-corrected chi connectivity index (χ2v) is 6.42. The first kappa shape index (κ1) is 16.1. The molecule has 2 aromatic carbocycles. The summed E-state index contributed by atoms with van der Waals surface area (Å²) in [6, 6.07) is 10.3. The van der Waals surface area contributed by atoms with Crippen molar-refractivity contribution in [3.8, 4) is 0 Å². The first-order valence-electron chi connectivity index (χ1n) is 7.44. The molecule has 0 bridgehead atoms. The number of carbonyl (C=O) groups excluding carboxylic acids is 1. The number of hydrogen-bond acceptors (Lipinski definition) is 5. The van der Waals surface area contributed by atoms with Gasteiger partial charge in [-0.15, -0.1) is 0 Å². The Bertz CT molecular complexity index is 949. The number of anilines is 1. The molecule has 1 N–H and O–H groups in total. The molecule has 0 aliphatic heterocycles. The van der Waals surface area contributed by atoms with Gasteiger partial charge in [-0.2, -0.15) is 0 Å². The number of hydrogen-bond donors (Lipinski definition) is 1. The number of nitrogens with zero attached hydrogens (tertiary/aromatic N) is 2. The number of rotatable bonds is 4. The number of nitro benzene ring substituents is 1. The smallest absolute Gasteiger partial charge is 0.272 e. The number of aromatic nitrogens is 1. The van der Waals surface area contributed by atoms with Crippen LogP contribution in [0.3, 0.4) is 0 Å². The van der Waals surface area contributed by atoms with Crippen molar-refractivity contribution in [3.63, 3.8) is 0 Å². The van der Waals surface area contributed by atoms with Crippen LogP contribution in [-0.4, -0.2) is 15.8 Å². The van der Waals surface area contributed by atoms with E-state index in [-0.39, 0.29) is 11.6 Å². The van der Waals surface area contributed by atoms with Gasteiger partial charge in [-0.1, -0.05) is 24.3 Å². The lowest BCUT2D eigenvalue weighted by atomic mass is 10.1. The lowest BCUT2D eigenvalue weighted by Gasteiger charge is -2.03. The zero-order valence-electron chi connectivity index (χ0n) is 13.2. The van der Waals surface area contributed by atoms with Gasteiger partial charge in [0.05, 0.1) is 15.1 Å². The second-order valence-electron chi connectivity index (χ2n) is 5.39. The first-order chi connectivity index (χ1) is 11.5. The van der Waals surface area contributed by atoms with Gasteiger partial charge in [-0.3, -0.25) is 20.2 Å². The Kier molecular flexibility index (Phi) is 4.26. The highest BCUT2D eigenvalue weighted by Gasteiger charge is 2.15. The van der Waals surface area contributed by atoms with Gasteiger partial charge < -0.3 is 0 Å². The normalized spacial score (nSPS) is 10.8. The zero-order valence-corrected chi connectivity index (χ0v) is 14.0. The minimum atomic E-state index is -0.462. The van der Waals surface area contributed by atoms with Crippen molar-refractivity contribution in [2.75, 3.05) is 5.32 Å². The topological polar surface area (TPSA) is 85.1 Å². The van der Waals surface area contributed by atoms with Crippen molar-refractivity contribution < 1.29 is 9.72 Å². The number of fused-ring (bicyclic) bond motifs is 1. The minimum absolute atomic E-state index is 0.00127. The molecule has 0 saturated heterocycles. The molecule has 0 unspecified atom stereocenters. The molecule has 1 aromatic heterocycles. The molecular formula is C17H15N3O3S. The Morgan fingerprint density at radius 1 is 1.29 bits per heavy atom. The molecule has 3 aromatic rings. The maximum atomic E-state index is 12.3. The van der Waals surface area contributed by atoms with Gasteiger partial charge in [0.2, 0.25) is 0 Å². The molecule has 1 amide bonds. The summed E-state index contributed by atoms with van der Waals surface area (Å²) in [4.78, 5) is 27.1. The number of benzene rings is 2. The fourth-order valence-electron chi connectivity index (χ4n) is 2.41. The molecule has 0 fully saturated rings. The molecule has 0 radical (unpaired) electrons. The largest absolute Gasteiger partial charge is 0.298 e. The molecule has 24 heavy (non-hydrogen) atoms. The van der Waals surface area contributed by atoms with Crippen LogP contribution >= 0.6 is 11.3 Å². The monoisotopic (exact) mass is 341 g/mol. The van der Waals surface area contributed by atoms with Crippen molar-refractivity contribution in [3.05, 3.63) is 63.2 Å². The Labute approximate surface area is 142 Å². The van der Waals surface area contributed by atoms with E-state index in [2.05, 4.69) is 23.3 Å². The van der Waals surface area contributed by atoms with E-state index in [9.17, 15) is 14.9 Å². The Hall–Kier alpha value is -2.80. The summed E-state index contributed by atoms with van der Waals surface area (Å²) in [6.07, 6.45) is 0.942. The average Bonchev–Trinajstić information content (AvgIpc) is 2.95. The minimum Gasteiger partial charge on any atom is -0.298 e. The van der Waals surface area contributed by atoms with E-state index in [1.54, 1.807) is 6.92 Å². The van der Waals surface area contributed by atoms with Gasteiger partial charge in [0.1, 0.15) is 0 Å². The molecule has 3 rings (SSSR count). The standard InChI is InChI=1S/C17H15N3O3S/c1-3-11-4-6-13-15(9-11)24-17(18-13)19-16(21)12-5-7-14(20(22)23)10(2)8-12/h4-9H,3H2,1-2H3,(H,18,19,21). The summed E-state index contributed by atoms with van der Waals surface area (Å²) in [5, 5.41) is 14.1. The highest BCUT2D eigenvalue weighted by atomic mass is 32.1. The number of nitro groups is 1. The van der Waals surface area contributed by atoms with Crippen LogP contribution in [0.1, 0.15) is 28.4 Å².